The molecule has 0 amide bonds. The molecule has 0 aliphatic heterocycles. The second kappa shape index (κ2) is 40.4. The number of rotatable bonds is 42. The van der Waals surface area contributed by atoms with Gasteiger partial charge in [-0.1, -0.05) is 0 Å². The van der Waals surface area contributed by atoms with Gasteiger partial charge in [0.15, 0.2) is 0 Å². The molecule has 0 spiro atoms. The van der Waals surface area contributed by atoms with Crippen molar-refractivity contribution in [2.24, 2.45) is 11.5 Å². The molecule has 0 aromatic rings. The van der Waals surface area contributed by atoms with Crippen LogP contribution >= 0.6 is 25.3 Å². The van der Waals surface area contributed by atoms with E-state index in [1.54, 1.807) is 0 Å². The fourth-order valence-corrected chi connectivity index (χ4v) is 17.1. The molecule has 0 heterocycles. The minimum absolute atomic E-state index is 0.349. The first kappa shape index (κ1) is 50.3. The Bertz CT molecular complexity index is 589. The normalized spacial score (nSPS) is 13.3. The summed E-state index contributed by atoms with van der Waals surface area (Å²) in [6.07, 6.45) is 33.9. The number of thiol groups is 2. The van der Waals surface area contributed by atoms with Crippen LogP contribution < -0.4 is 22.1 Å². The number of hydrogen-bond donors (Lipinski definition) is 6. The first-order valence-electron chi connectivity index (χ1n) is 21.5. The summed E-state index contributed by atoms with van der Waals surface area (Å²) < 4.78 is 16.9. The number of hydrogen-bond acceptors (Lipinski definition) is 8. The van der Waals surface area contributed by atoms with Crippen LogP contribution in [0, 0.1) is 0 Å². The average molecular weight is 840 g/mol. The number of nitrogens with two attached hydrogens (primary N) is 2. The summed E-state index contributed by atoms with van der Waals surface area (Å²) in [6.45, 7) is 9.49. The standard InChI is InChI=1S/2C12H25.2C8H19N2OS.Sn/c2*1-3-5-7-9-11-12-10-8-6-4-2;2*9-4-2-1-3-8(7-11)10-5-6-12;/h2*1,3-12H2,2H3;2*8,10,12H,1-7,9H2;/q;;2*-1;+2/t;;2*8-;/m..00./s1. The van der Waals surface area contributed by atoms with Gasteiger partial charge in [-0.05, 0) is 0 Å². The molecular weight excluding hydrogens is 751 g/mol. The third-order valence-corrected chi connectivity index (χ3v) is 20.8. The first-order chi connectivity index (χ1) is 24.1. The van der Waals surface area contributed by atoms with Gasteiger partial charge in [0.25, 0.3) is 0 Å². The maximum absolute atomic E-state index is 7.27. The summed E-state index contributed by atoms with van der Waals surface area (Å²) >= 11 is 5.58. The summed E-state index contributed by atoms with van der Waals surface area (Å²) in [7, 11) is 0. The van der Waals surface area contributed by atoms with E-state index >= 15 is 0 Å². The van der Waals surface area contributed by atoms with Crippen LogP contribution in [0.25, 0.3) is 0 Å². The van der Waals surface area contributed by atoms with Gasteiger partial charge in [-0.2, -0.15) is 0 Å². The Kier molecular flexibility index (Phi) is 41.5. The molecule has 0 rings (SSSR count). The Morgan fingerprint density at radius 3 is 1.10 bits per heavy atom. The molecule has 0 radical (unpaired) electrons. The molecule has 49 heavy (non-hydrogen) atoms. The van der Waals surface area contributed by atoms with Crippen LogP contribution in [0.15, 0.2) is 0 Å². The molecule has 9 heteroatoms. The zero-order valence-corrected chi connectivity index (χ0v) is 37.6. The van der Waals surface area contributed by atoms with Crippen LogP contribution in [-0.4, -0.2) is 82.2 Å². The number of unbranched alkanes of at least 4 members (excludes halogenated alkanes) is 20. The maximum atomic E-state index is 7.27. The van der Waals surface area contributed by atoms with Crippen molar-refractivity contribution >= 4 is 44.5 Å². The molecular formula is C40H88N4O2S2Sn. The van der Waals surface area contributed by atoms with Crippen molar-refractivity contribution in [3.05, 3.63) is 0 Å². The zero-order valence-electron chi connectivity index (χ0n) is 33.0. The topological polar surface area (TPSA) is 94.6 Å². The molecule has 0 saturated heterocycles. The van der Waals surface area contributed by atoms with Crippen molar-refractivity contribution in [3.8, 4) is 0 Å². The van der Waals surface area contributed by atoms with Crippen LogP contribution in [0.5, 0.6) is 0 Å². The second-order valence-electron chi connectivity index (χ2n) is 14.7. The predicted molar refractivity (Wildman–Crippen MR) is 228 cm³/mol. The van der Waals surface area contributed by atoms with Crippen molar-refractivity contribution in [2.75, 3.05) is 50.9 Å². The van der Waals surface area contributed by atoms with Crippen LogP contribution in [0.2, 0.25) is 8.87 Å². The third kappa shape index (κ3) is 33.6. The van der Waals surface area contributed by atoms with Gasteiger partial charge in [-0.3, -0.25) is 0 Å². The molecule has 0 bridgehead atoms. The molecule has 2 atom stereocenters. The Hall–Kier alpha value is 1.26. The van der Waals surface area contributed by atoms with E-state index in [2.05, 4.69) is 49.7 Å². The van der Waals surface area contributed by atoms with Crippen molar-refractivity contribution in [3.63, 3.8) is 0 Å². The molecule has 0 fully saturated rings. The van der Waals surface area contributed by atoms with Gasteiger partial charge in [0.1, 0.15) is 0 Å². The van der Waals surface area contributed by atoms with Crippen molar-refractivity contribution in [1.82, 2.24) is 10.6 Å². The summed E-state index contributed by atoms with van der Waals surface area (Å²) in [5.74, 6) is 1.69. The summed E-state index contributed by atoms with van der Waals surface area (Å²) in [5.41, 5.74) is 11.7. The molecule has 0 aliphatic rings. The van der Waals surface area contributed by atoms with Gasteiger partial charge in [0.2, 0.25) is 0 Å². The average Bonchev–Trinajstić information content (AvgIpc) is 3.11. The number of nitrogens with one attached hydrogen (secondary N) is 2. The Balaban J connectivity index is 5.57. The van der Waals surface area contributed by atoms with Gasteiger partial charge in [-0.15, -0.1) is 0 Å². The molecule has 296 valence electrons. The summed E-state index contributed by atoms with van der Waals surface area (Å²) in [6, 6.07) is 0.697. The molecule has 0 aromatic carbocycles. The van der Waals surface area contributed by atoms with E-state index in [0.717, 1.165) is 89.4 Å². The SMILES string of the molecule is CCCCCCCCCCC[CH2][Sn]([CH2]CCCCCCCCCCC)([O]C[C@H](CCCCN)NCCS)[O]C[C@H](CCCCN)NCCS. The van der Waals surface area contributed by atoms with Crippen molar-refractivity contribution < 1.29 is 6.15 Å². The van der Waals surface area contributed by atoms with Crippen molar-refractivity contribution in [2.45, 2.75) is 202 Å². The minimum atomic E-state index is -3.42. The molecule has 0 saturated carbocycles. The Morgan fingerprint density at radius 2 is 0.796 bits per heavy atom. The summed E-state index contributed by atoms with van der Waals surface area (Å²) in [5, 5.41) is 7.50. The monoisotopic (exact) mass is 841 g/mol. The van der Waals surface area contributed by atoms with E-state index in [4.69, 9.17) is 17.6 Å². The van der Waals surface area contributed by atoms with Crippen molar-refractivity contribution in [1.29, 1.82) is 0 Å². The molecule has 6 nitrogen and oxygen atoms in total. The van der Waals surface area contributed by atoms with Gasteiger partial charge in [-0.25, -0.2) is 0 Å². The summed E-state index contributed by atoms with van der Waals surface area (Å²) in [4.78, 5) is 0. The quantitative estimate of drug-likeness (QED) is 0.0208. The van der Waals surface area contributed by atoms with E-state index in [1.807, 2.05) is 0 Å². The van der Waals surface area contributed by atoms with E-state index in [-0.39, 0.29) is 0 Å². The molecule has 0 unspecified atom stereocenters. The predicted octanol–water partition coefficient (Wildman–Crippen LogP) is 10.3. The third-order valence-electron chi connectivity index (χ3n) is 10.0. The molecule has 6 N–H and O–H groups in total. The molecule has 0 aliphatic carbocycles. The van der Waals surface area contributed by atoms with Gasteiger partial charge in [0.05, 0.1) is 0 Å². The van der Waals surface area contributed by atoms with E-state index in [1.165, 1.54) is 137 Å². The van der Waals surface area contributed by atoms with Crippen LogP contribution in [0.4, 0.5) is 0 Å². The van der Waals surface area contributed by atoms with Gasteiger partial charge >= 0.3 is 325 Å². The Labute approximate surface area is 323 Å². The van der Waals surface area contributed by atoms with E-state index in [9.17, 15) is 0 Å². The van der Waals surface area contributed by atoms with Crippen LogP contribution in [0.1, 0.15) is 181 Å². The van der Waals surface area contributed by atoms with Gasteiger partial charge in [0, 0.05) is 0 Å². The van der Waals surface area contributed by atoms with E-state index in [0.29, 0.717) is 12.1 Å². The van der Waals surface area contributed by atoms with Gasteiger partial charge < -0.3 is 0 Å². The molecule has 0 aromatic heterocycles. The fraction of sp³-hybridized carbons (Fsp3) is 1.00. The van der Waals surface area contributed by atoms with Crippen LogP contribution in [-0.2, 0) is 6.15 Å². The zero-order chi connectivity index (χ0) is 35.9. The fourth-order valence-electron chi connectivity index (χ4n) is 6.82. The Morgan fingerprint density at radius 1 is 0.469 bits per heavy atom. The second-order valence-corrected chi connectivity index (χ2v) is 25.3. The van der Waals surface area contributed by atoms with E-state index < -0.39 is 19.2 Å². The first-order valence-corrected chi connectivity index (χ1v) is 29.1. The van der Waals surface area contributed by atoms with Crippen LogP contribution in [0.3, 0.4) is 0 Å².